The fourth-order valence-electron chi connectivity index (χ4n) is 3.89. The van der Waals surface area contributed by atoms with Gasteiger partial charge >= 0.3 is 0 Å². The summed E-state index contributed by atoms with van der Waals surface area (Å²) < 4.78 is 2.83. The maximum absolute atomic E-state index is 12.7. The number of fused-ring (bicyclic) bond motifs is 2. The van der Waals surface area contributed by atoms with Gasteiger partial charge in [0, 0.05) is 29.5 Å². The van der Waals surface area contributed by atoms with Crippen LogP contribution in [0.25, 0.3) is 20.8 Å². The van der Waals surface area contributed by atoms with Gasteiger partial charge < -0.3 is 5.32 Å². The molecule has 6 nitrogen and oxygen atoms in total. The third-order valence-electron chi connectivity index (χ3n) is 5.68. The molecule has 1 aliphatic heterocycles. The summed E-state index contributed by atoms with van der Waals surface area (Å²) in [6.07, 6.45) is 0.238. The second kappa shape index (κ2) is 8.76. The van der Waals surface area contributed by atoms with E-state index in [-0.39, 0.29) is 29.8 Å². The van der Waals surface area contributed by atoms with Crippen molar-refractivity contribution in [1.82, 2.24) is 14.5 Å². The standard InChI is InChI=1S/C25H24N4O2S2/c1-14(2)20-12-23(31)29-18(13-32-25(29)28-20)11-22(30)26-17-7-5-16(6-8-17)24-27-19-9-4-15(3)10-21(19)33-24/h4-10,12,14,18H,11,13H2,1-3H3,(H,26,30). The molecule has 1 aliphatic rings. The fourth-order valence-corrected chi connectivity index (χ4v) is 6.12. The van der Waals surface area contributed by atoms with Crippen molar-refractivity contribution in [2.45, 2.75) is 44.3 Å². The number of carbonyl (C=O) groups excluding carboxylic acids is 1. The normalized spacial score (nSPS) is 15.2. The van der Waals surface area contributed by atoms with E-state index in [2.05, 4.69) is 29.4 Å². The summed E-state index contributed by atoms with van der Waals surface area (Å²) >= 11 is 3.20. The average Bonchev–Trinajstić information content (AvgIpc) is 3.38. The number of aryl methyl sites for hydroxylation is 1. The van der Waals surface area contributed by atoms with E-state index in [9.17, 15) is 9.59 Å². The Labute approximate surface area is 200 Å². The van der Waals surface area contributed by atoms with Crippen LogP contribution in [0.2, 0.25) is 0 Å². The number of rotatable bonds is 5. The average molecular weight is 477 g/mol. The Morgan fingerprint density at radius 2 is 1.94 bits per heavy atom. The molecule has 0 fully saturated rings. The highest BCUT2D eigenvalue weighted by atomic mass is 32.2. The Morgan fingerprint density at radius 1 is 1.15 bits per heavy atom. The maximum atomic E-state index is 12.7. The van der Waals surface area contributed by atoms with Gasteiger partial charge in [0.05, 0.1) is 22.0 Å². The van der Waals surface area contributed by atoms with Crippen molar-refractivity contribution in [3.8, 4) is 10.6 Å². The van der Waals surface area contributed by atoms with Gasteiger partial charge in [0.2, 0.25) is 5.91 Å². The molecule has 0 saturated carbocycles. The summed E-state index contributed by atoms with van der Waals surface area (Å²) in [7, 11) is 0. The molecule has 0 spiro atoms. The lowest BCUT2D eigenvalue weighted by Gasteiger charge is -2.14. The first-order chi connectivity index (χ1) is 15.9. The first kappa shape index (κ1) is 21.9. The van der Waals surface area contributed by atoms with E-state index in [1.807, 2.05) is 44.2 Å². The topological polar surface area (TPSA) is 76.9 Å². The van der Waals surface area contributed by atoms with Crippen LogP contribution in [0.4, 0.5) is 5.69 Å². The molecule has 8 heteroatoms. The van der Waals surface area contributed by atoms with Crippen LogP contribution in [0.5, 0.6) is 0 Å². The lowest BCUT2D eigenvalue weighted by atomic mass is 10.1. The maximum Gasteiger partial charge on any atom is 0.254 e. The second-order valence-electron chi connectivity index (χ2n) is 8.61. The third-order valence-corrected chi connectivity index (χ3v) is 7.85. The van der Waals surface area contributed by atoms with E-state index in [1.165, 1.54) is 22.0 Å². The fraction of sp³-hybridized carbons (Fsp3) is 0.280. The number of amides is 1. The lowest BCUT2D eigenvalue weighted by molar-refractivity contribution is -0.116. The predicted octanol–water partition coefficient (Wildman–Crippen LogP) is 5.63. The number of nitrogens with one attached hydrogen (secondary N) is 1. The van der Waals surface area contributed by atoms with E-state index < -0.39 is 0 Å². The zero-order valence-corrected chi connectivity index (χ0v) is 20.3. The van der Waals surface area contributed by atoms with E-state index in [0.29, 0.717) is 10.9 Å². The van der Waals surface area contributed by atoms with Crippen molar-refractivity contribution in [3.05, 3.63) is 70.1 Å². The Kier molecular flexibility index (Phi) is 5.80. The van der Waals surface area contributed by atoms with Gasteiger partial charge in [-0.1, -0.05) is 31.7 Å². The number of anilines is 1. The Hall–Kier alpha value is -2.97. The number of hydrogen-bond donors (Lipinski definition) is 1. The number of thioether (sulfide) groups is 1. The zero-order valence-electron chi connectivity index (χ0n) is 18.7. The summed E-state index contributed by atoms with van der Waals surface area (Å²) in [5.41, 5.74) is 4.68. The first-order valence-electron chi connectivity index (χ1n) is 10.9. The first-order valence-corrected chi connectivity index (χ1v) is 12.7. The molecule has 1 N–H and O–H groups in total. The number of aromatic nitrogens is 3. The van der Waals surface area contributed by atoms with Crippen molar-refractivity contribution >= 4 is 44.9 Å². The predicted molar refractivity (Wildman–Crippen MR) is 135 cm³/mol. The summed E-state index contributed by atoms with van der Waals surface area (Å²) in [5, 5.41) is 4.63. The Morgan fingerprint density at radius 3 is 2.70 bits per heavy atom. The van der Waals surface area contributed by atoms with Gasteiger partial charge in [0.25, 0.3) is 5.56 Å². The SMILES string of the molecule is Cc1ccc2nc(-c3ccc(NC(=O)CC4CSc5nc(C(C)C)cc(=O)n54)cc3)sc2c1. The van der Waals surface area contributed by atoms with Crippen molar-refractivity contribution < 1.29 is 4.79 Å². The minimum absolute atomic E-state index is 0.0816. The van der Waals surface area contributed by atoms with E-state index in [0.717, 1.165) is 27.5 Å². The van der Waals surface area contributed by atoms with Crippen LogP contribution in [0.15, 0.2) is 58.5 Å². The molecule has 0 radical (unpaired) electrons. The molecule has 1 atom stereocenters. The Bertz CT molecular complexity index is 1410. The van der Waals surface area contributed by atoms with Gasteiger partial charge in [-0.15, -0.1) is 11.3 Å². The number of benzene rings is 2. The second-order valence-corrected chi connectivity index (χ2v) is 10.6. The summed E-state index contributed by atoms with van der Waals surface area (Å²) in [5.74, 6) is 0.755. The molecule has 0 saturated heterocycles. The van der Waals surface area contributed by atoms with Gasteiger partial charge in [-0.05, 0) is 54.8 Å². The third kappa shape index (κ3) is 4.45. The summed E-state index contributed by atoms with van der Waals surface area (Å²) in [6.45, 7) is 6.12. The highest BCUT2D eigenvalue weighted by molar-refractivity contribution is 7.99. The van der Waals surface area contributed by atoms with Crippen LogP contribution in [0.1, 0.15) is 43.5 Å². The molecule has 3 heterocycles. The van der Waals surface area contributed by atoms with Crippen LogP contribution in [0, 0.1) is 6.92 Å². The molecule has 2 aromatic carbocycles. The van der Waals surface area contributed by atoms with Gasteiger partial charge in [0.15, 0.2) is 5.16 Å². The number of nitrogens with zero attached hydrogens (tertiary/aromatic N) is 3. The largest absolute Gasteiger partial charge is 0.326 e. The van der Waals surface area contributed by atoms with E-state index in [1.54, 1.807) is 22.0 Å². The van der Waals surface area contributed by atoms with Gasteiger partial charge in [0.1, 0.15) is 5.01 Å². The minimum Gasteiger partial charge on any atom is -0.326 e. The van der Waals surface area contributed by atoms with E-state index in [4.69, 9.17) is 4.98 Å². The van der Waals surface area contributed by atoms with Crippen molar-refractivity contribution in [2.24, 2.45) is 0 Å². The molecule has 2 aromatic heterocycles. The Balaban J connectivity index is 1.27. The van der Waals surface area contributed by atoms with Crippen molar-refractivity contribution in [1.29, 1.82) is 0 Å². The van der Waals surface area contributed by atoms with Gasteiger partial charge in [-0.3, -0.25) is 14.2 Å². The van der Waals surface area contributed by atoms with E-state index >= 15 is 0 Å². The molecule has 33 heavy (non-hydrogen) atoms. The van der Waals surface area contributed by atoms with Crippen molar-refractivity contribution in [2.75, 3.05) is 11.1 Å². The zero-order chi connectivity index (χ0) is 23.1. The molecular formula is C25H24N4O2S2. The summed E-state index contributed by atoms with van der Waals surface area (Å²) in [4.78, 5) is 34.6. The summed E-state index contributed by atoms with van der Waals surface area (Å²) in [6, 6.07) is 15.4. The smallest absolute Gasteiger partial charge is 0.254 e. The van der Waals surface area contributed by atoms with Crippen LogP contribution in [0.3, 0.4) is 0 Å². The molecule has 1 amide bonds. The highest BCUT2D eigenvalue weighted by Gasteiger charge is 2.28. The number of hydrogen-bond acceptors (Lipinski definition) is 6. The van der Waals surface area contributed by atoms with Crippen LogP contribution in [-0.2, 0) is 4.79 Å². The van der Waals surface area contributed by atoms with Crippen molar-refractivity contribution in [3.63, 3.8) is 0 Å². The molecular weight excluding hydrogens is 452 g/mol. The van der Waals surface area contributed by atoms with Gasteiger partial charge in [-0.2, -0.15) is 0 Å². The van der Waals surface area contributed by atoms with Crippen LogP contribution >= 0.6 is 23.1 Å². The van der Waals surface area contributed by atoms with Gasteiger partial charge in [-0.25, -0.2) is 9.97 Å². The highest BCUT2D eigenvalue weighted by Crippen LogP contribution is 2.34. The number of thiazole rings is 1. The molecule has 0 bridgehead atoms. The van der Waals surface area contributed by atoms with Crippen LogP contribution < -0.4 is 10.9 Å². The molecule has 1 unspecified atom stereocenters. The molecule has 0 aliphatic carbocycles. The van der Waals surface area contributed by atoms with Crippen LogP contribution in [-0.4, -0.2) is 26.2 Å². The quantitative estimate of drug-likeness (QED) is 0.378. The molecule has 5 rings (SSSR count). The number of carbonyl (C=O) groups is 1. The minimum atomic E-state index is -0.184. The lowest BCUT2D eigenvalue weighted by Crippen LogP contribution is -2.28. The molecule has 4 aromatic rings. The monoisotopic (exact) mass is 476 g/mol. The molecule has 168 valence electrons.